The molecule has 2 aromatic carbocycles. The Hall–Kier alpha value is -2.73. The number of amides is 1. The van der Waals surface area contributed by atoms with Gasteiger partial charge < -0.3 is 10.2 Å². The number of para-hydroxylation sites is 1. The van der Waals surface area contributed by atoms with Crippen molar-refractivity contribution >= 4 is 21.6 Å². The molecule has 28 heavy (non-hydrogen) atoms. The van der Waals surface area contributed by atoms with Crippen molar-refractivity contribution < 1.29 is 18.1 Å². The van der Waals surface area contributed by atoms with Crippen molar-refractivity contribution in [2.24, 2.45) is 0 Å². The Morgan fingerprint density at radius 3 is 2.39 bits per heavy atom. The minimum Gasteiger partial charge on any atom is -0.325 e. The molecule has 146 valence electrons. The number of sulfonamides is 1. The number of benzene rings is 2. The number of piperazine rings is 1. The summed E-state index contributed by atoms with van der Waals surface area (Å²) in [7, 11) is -3.36. The average molecular weight is 399 g/mol. The summed E-state index contributed by atoms with van der Waals surface area (Å²) in [6.45, 7) is 2.17. The van der Waals surface area contributed by atoms with Crippen LogP contribution >= 0.6 is 0 Å². The fourth-order valence-electron chi connectivity index (χ4n) is 3.24. The van der Waals surface area contributed by atoms with Gasteiger partial charge in [-0.3, -0.25) is 4.79 Å². The third-order valence-electron chi connectivity index (χ3n) is 4.75. The van der Waals surface area contributed by atoms with E-state index in [-0.39, 0.29) is 18.2 Å². The summed E-state index contributed by atoms with van der Waals surface area (Å²) in [5.41, 5.74) is 1.69. The molecule has 0 spiro atoms. The average Bonchev–Trinajstić information content (AvgIpc) is 2.69. The van der Waals surface area contributed by atoms with Crippen LogP contribution in [0.2, 0.25) is 0 Å². The summed E-state index contributed by atoms with van der Waals surface area (Å²) < 4.78 is 26.7. The minimum absolute atomic E-state index is 0.00535. The van der Waals surface area contributed by atoms with E-state index in [4.69, 9.17) is 5.26 Å². The van der Waals surface area contributed by atoms with Crippen LogP contribution < -0.4 is 10.2 Å². The predicted molar refractivity (Wildman–Crippen MR) is 106 cm³/mol. The highest BCUT2D eigenvalue weighted by Crippen LogP contribution is 2.13. The largest absolute Gasteiger partial charge is 0.325 e. The van der Waals surface area contributed by atoms with Gasteiger partial charge in [0.25, 0.3) is 5.91 Å². The molecule has 8 heteroatoms. The fourth-order valence-corrected chi connectivity index (χ4v) is 4.78. The summed E-state index contributed by atoms with van der Waals surface area (Å²) in [6, 6.07) is 18.0. The number of quaternary nitrogens is 1. The van der Waals surface area contributed by atoms with E-state index in [2.05, 4.69) is 11.4 Å². The number of anilines is 1. The van der Waals surface area contributed by atoms with Gasteiger partial charge in [-0.15, -0.1) is 0 Å². The smallest absolute Gasteiger partial charge is 0.279 e. The Kier molecular flexibility index (Phi) is 6.41. The molecule has 0 radical (unpaired) electrons. The Labute approximate surface area is 165 Å². The maximum Gasteiger partial charge on any atom is 0.279 e. The Morgan fingerprint density at radius 1 is 1.07 bits per heavy atom. The zero-order chi connectivity index (χ0) is 20.0. The van der Waals surface area contributed by atoms with Crippen molar-refractivity contribution in [2.45, 2.75) is 5.75 Å². The molecule has 2 N–H and O–H groups in total. The van der Waals surface area contributed by atoms with Crippen molar-refractivity contribution in [2.75, 3.05) is 38.0 Å². The number of rotatable bonds is 6. The zero-order valence-corrected chi connectivity index (χ0v) is 16.3. The first-order chi connectivity index (χ1) is 13.5. The highest BCUT2D eigenvalue weighted by atomic mass is 32.2. The molecule has 1 amide bonds. The monoisotopic (exact) mass is 399 g/mol. The molecule has 0 aromatic heterocycles. The third-order valence-corrected chi connectivity index (χ3v) is 6.60. The van der Waals surface area contributed by atoms with Crippen molar-refractivity contribution in [1.82, 2.24) is 4.31 Å². The highest BCUT2D eigenvalue weighted by molar-refractivity contribution is 7.88. The molecule has 1 aliphatic rings. The second-order valence-corrected chi connectivity index (χ2v) is 8.74. The molecule has 1 saturated heterocycles. The van der Waals surface area contributed by atoms with Crippen LogP contribution in [0, 0.1) is 11.3 Å². The van der Waals surface area contributed by atoms with Gasteiger partial charge >= 0.3 is 0 Å². The van der Waals surface area contributed by atoms with Gasteiger partial charge in [-0.2, -0.15) is 9.57 Å². The molecule has 1 fully saturated rings. The van der Waals surface area contributed by atoms with E-state index in [1.807, 2.05) is 30.3 Å². The van der Waals surface area contributed by atoms with E-state index < -0.39 is 10.0 Å². The molecule has 7 nitrogen and oxygen atoms in total. The van der Waals surface area contributed by atoms with Gasteiger partial charge in [-0.25, -0.2) is 8.42 Å². The normalized spacial score (nSPS) is 15.7. The summed E-state index contributed by atoms with van der Waals surface area (Å²) in [4.78, 5) is 13.3. The van der Waals surface area contributed by atoms with Crippen LogP contribution in [0.25, 0.3) is 0 Å². The van der Waals surface area contributed by atoms with Gasteiger partial charge in [0.1, 0.15) is 6.07 Å². The highest BCUT2D eigenvalue weighted by Gasteiger charge is 2.30. The zero-order valence-electron chi connectivity index (χ0n) is 15.5. The van der Waals surface area contributed by atoms with Gasteiger partial charge in [0, 0.05) is 0 Å². The number of carbonyl (C=O) groups excluding carboxylic acids is 1. The lowest BCUT2D eigenvalue weighted by Gasteiger charge is -2.31. The predicted octanol–water partition coefficient (Wildman–Crippen LogP) is 0.227. The van der Waals surface area contributed by atoms with Crippen LogP contribution in [0.3, 0.4) is 0 Å². The molecule has 1 heterocycles. The maximum absolute atomic E-state index is 12.6. The number of nitriles is 1. The molecule has 1 aliphatic heterocycles. The topological polar surface area (TPSA) is 94.7 Å². The lowest BCUT2D eigenvalue weighted by atomic mass is 10.2. The van der Waals surface area contributed by atoms with Crippen LogP contribution in [0.5, 0.6) is 0 Å². The number of nitrogens with zero attached hydrogens (tertiary/aromatic N) is 2. The van der Waals surface area contributed by atoms with Crippen LogP contribution in [0.15, 0.2) is 54.6 Å². The van der Waals surface area contributed by atoms with E-state index in [0.29, 0.717) is 37.4 Å². The van der Waals surface area contributed by atoms with E-state index in [1.165, 1.54) is 4.31 Å². The molecular weight excluding hydrogens is 376 g/mol. The molecule has 3 rings (SSSR count). The van der Waals surface area contributed by atoms with Crippen molar-refractivity contribution in [3.8, 4) is 6.07 Å². The minimum atomic E-state index is -3.36. The Bertz CT molecular complexity index is 962. The van der Waals surface area contributed by atoms with Gasteiger partial charge in [0.15, 0.2) is 6.54 Å². The van der Waals surface area contributed by atoms with Crippen LogP contribution in [-0.4, -0.2) is 51.4 Å². The lowest BCUT2D eigenvalue weighted by Crippen LogP contribution is -3.15. The fraction of sp³-hybridized carbons (Fsp3) is 0.300. The summed E-state index contributed by atoms with van der Waals surface area (Å²) >= 11 is 0. The SMILES string of the molecule is N#Cc1ccccc1NC(=O)C[NH+]1CCN(S(=O)(=O)Cc2ccccc2)CC1. The van der Waals surface area contributed by atoms with Crippen LogP contribution in [0.1, 0.15) is 11.1 Å². The number of hydrogen-bond acceptors (Lipinski definition) is 4. The summed E-state index contributed by atoms with van der Waals surface area (Å²) in [5.74, 6) is -0.187. The van der Waals surface area contributed by atoms with Gasteiger partial charge in [-0.1, -0.05) is 42.5 Å². The molecule has 0 unspecified atom stereocenters. The second kappa shape index (κ2) is 8.97. The second-order valence-electron chi connectivity index (χ2n) is 6.77. The summed E-state index contributed by atoms with van der Waals surface area (Å²) in [5, 5.41) is 11.9. The first-order valence-electron chi connectivity index (χ1n) is 9.12. The quantitative estimate of drug-likeness (QED) is 0.727. The first kappa shape index (κ1) is 20.0. The third kappa shape index (κ3) is 5.16. The molecular formula is C20H23N4O3S+. The standard InChI is InChI=1S/C20H22N4O3S/c21-14-18-8-4-5-9-19(18)22-20(25)15-23-10-12-24(13-11-23)28(26,27)16-17-6-2-1-3-7-17/h1-9H,10-13,15-16H2,(H,22,25)/p+1. The van der Waals surface area contributed by atoms with Gasteiger partial charge in [-0.05, 0) is 17.7 Å². The van der Waals surface area contributed by atoms with Crippen molar-refractivity contribution in [1.29, 1.82) is 5.26 Å². The molecule has 0 aliphatic carbocycles. The first-order valence-corrected chi connectivity index (χ1v) is 10.7. The van der Waals surface area contributed by atoms with Crippen molar-refractivity contribution in [3.05, 3.63) is 65.7 Å². The molecule has 0 atom stereocenters. The molecule has 0 bridgehead atoms. The number of nitrogens with one attached hydrogen (secondary N) is 2. The number of carbonyl (C=O) groups is 1. The molecule has 2 aromatic rings. The van der Waals surface area contributed by atoms with E-state index in [9.17, 15) is 13.2 Å². The van der Waals surface area contributed by atoms with E-state index in [0.717, 1.165) is 10.5 Å². The lowest BCUT2D eigenvalue weighted by molar-refractivity contribution is -0.895. The van der Waals surface area contributed by atoms with E-state index >= 15 is 0 Å². The Morgan fingerprint density at radius 2 is 1.71 bits per heavy atom. The maximum atomic E-state index is 12.6. The van der Waals surface area contributed by atoms with Gasteiger partial charge in [0.05, 0.1) is 43.2 Å². The van der Waals surface area contributed by atoms with Crippen molar-refractivity contribution in [3.63, 3.8) is 0 Å². The van der Waals surface area contributed by atoms with Crippen LogP contribution in [0.4, 0.5) is 5.69 Å². The van der Waals surface area contributed by atoms with Crippen LogP contribution in [-0.2, 0) is 20.6 Å². The van der Waals surface area contributed by atoms with E-state index in [1.54, 1.807) is 24.3 Å². The summed E-state index contributed by atoms with van der Waals surface area (Å²) in [6.07, 6.45) is 0. The Balaban J connectivity index is 1.51. The number of hydrogen-bond donors (Lipinski definition) is 2. The van der Waals surface area contributed by atoms with Gasteiger partial charge in [0.2, 0.25) is 10.0 Å². The molecule has 0 saturated carbocycles.